The number of ether oxygens (including phenoxy) is 2. The second kappa shape index (κ2) is 5.48. The van der Waals surface area contributed by atoms with E-state index in [1.165, 1.54) is 0 Å². The Bertz CT molecular complexity index is 619. The van der Waals surface area contributed by atoms with Gasteiger partial charge < -0.3 is 19.9 Å². The molecular weight excluding hydrogens is 262 g/mol. The highest BCUT2D eigenvalue weighted by Gasteiger charge is 2.20. The Hall–Kier alpha value is -2.12. The summed E-state index contributed by atoms with van der Waals surface area (Å²) in [6.07, 6.45) is 1.59. The SMILES string of the molecule is O=C(O)c1c(NCC2COCCO2)nc2ccccn12. The summed E-state index contributed by atoms with van der Waals surface area (Å²) >= 11 is 0. The third kappa shape index (κ3) is 2.45. The molecule has 3 heterocycles. The molecule has 2 aromatic heterocycles. The molecule has 1 aliphatic heterocycles. The summed E-state index contributed by atoms with van der Waals surface area (Å²) in [5.74, 6) is -0.676. The summed E-state index contributed by atoms with van der Waals surface area (Å²) in [5, 5.41) is 12.4. The molecule has 1 unspecified atom stereocenters. The van der Waals surface area contributed by atoms with Gasteiger partial charge in [0.05, 0.1) is 25.9 Å². The number of aromatic nitrogens is 2. The van der Waals surface area contributed by atoms with Gasteiger partial charge in [-0.2, -0.15) is 0 Å². The normalized spacial score (nSPS) is 19.1. The molecule has 20 heavy (non-hydrogen) atoms. The van der Waals surface area contributed by atoms with Crippen LogP contribution in [0.1, 0.15) is 10.5 Å². The van der Waals surface area contributed by atoms with Crippen molar-refractivity contribution in [2.45, 2.75) is 6.10 Å². The number of nitrogens with one attached hydrogen (secondary N) is 1. The number of aromatic carboxylic acids is 1. The minimum atomic E-state index is -1.02. The van der Waals surface area contributed by atoms with E-state index in [9.17, 15) is 9.90 Å². The lowest BCUT2D eigenvalue weighted by Gasteiger charge is -2.23. The first-order valence-electron chi connectivity index (χ1n) is 6.39. The highest BCUT2D eigenvalue weighted by Crippen LogP contribution is 2.18. The van der Waals surface area contributed by atoms with Crippen LogP contribution in [-0.4, -0.2) is 52.9 Å². The standard InChI is InChI=1S/C13H15N3O4/c17-13(18)11-12(14-7-9-8-19-5-6-20-9)15-10-3-1-2-4-16(10)11/h1-4,9,14H,5-8H2,(H,17,18). The van der Waals surface area contributed by atoms with E-state index >= 15 is 0 Å². The van der Waals surface area contributed by atoms with Crippen molar-refractivity contribution >= 4 is 17.4 Å². The molecule has 0 aromatic carbocycles. The number of imidazole rings is 1. The molecule has 0 bridgehead atoms. The Balaban J connectivity index is 1.82. The summed E-state index contributed by atoms with van der Waals surface area (Å²) in [6, 6.07) is 5.34. The van der Waals surface area contributed by atoms with Crippen LogP contribution in [0.2, 0.25) is 0 Å². The van der Waals surface area contributed by atoms with Crippen LogP contribution in [0.25, 0.3) is 5.65 Å². The maximum atomic E-state index is 11.4. The summed E-state index contributed by atoms with van der Waals surface area (Å²) in [7, 11) is 0. The van der Waals surface area contributed by atoms with Crippen LogP contribution in [-0.2, 0) is 9.47 Å². The molecular formula is C13H15N3O4. The molecule has 7 nitrogen and oxygen atoms in total. The molecule has 1 aliphatic rings. The average Bonchev–Trinajstić information content (AvgIpc) is 2.84. The van der Waals surface area contributed by atoms with Crippen LogP contribution in [0.4, 0.5) is 5.82 Å². The quantitative estimate of drug-likeness (QED) is 0.862. The Labute approximate surface area is 115 Å². The molecule has 2 N–H and O–H groups in total. The number of anilines is 1. The van der Waals surface area contributed by atoms with Crippen molar-refractivity contribution in [1.82, 2.24) is 9.38 Å². The van der Waals surface area contributed by atoms with Crippen molar-refractivity contribution in [3.05, 3.63) is 30.1 Å². The molecule has 7 heteroatoms. The molecule has 0 saturated carbocycles. The monoisotopic (exact) mass is 277 g/mol. The average molecular weight is 277 g/mol. The lowest BCUT2D eigenvalue weighted by molar-refractivity contribution is -0.0819. The molecule has 0 radical (unpaired) electrons. The third-order valence-electron chi connectivity index (χ3n) is 3.11. The number of hydrogen-bond acceptors (Lipinski definition) is 5. The van der Waals surface area contributed by atoms with Gasteiger partial charge in [-0.05, 0) is 12.1 Å². The number of rotatable bonds is 4. The maximum absolute atomic E-state index is 11.4. The second-order valence-electron chi connectivity index (χ2n) is 4.49. The van der Waals surface area contributed by atoms with Crippen LogP contribution >= 0.6 is 0 Å². The van der Waals surface area contributed by atoms with Crippen molar-refractivity contribution in [3.63, 3.8) is 0 Å². The molecule has 1 saturated heterocycles. The first-order chi connectivity index (χ1) is 9.75. The highest BCUT2D eigenvalue weighted by molar-refractivity contribution is 5.92. The van der Waals surface area contributed by atoms with Crippen LogP contribution in [0.5, 0.6) is 0 Å². The van der Waals surface area contributed by atoms with Gasteiger partial charge >= 0.3 is 5.97 Å². The fourth-order valence-corrected chi connectivity index (χ4v) is 2.19. The zero-order chi connectivity index (χ0) is 13.9. The van der Waals surface area contributed by atoms with E-state index in [0.29, 0.717) is 37.8 Å². The number of carboxylic acid groups (broad SMARTS) is 1. The van der Waals surface area contributed by atoms with Crippen LogP contribution < -0.4 is 5.32 Å². The van der Waals surface area contributed by atoms with Gasteiger partial charge in [-0.15, -0.1) is 0 Å². The summed E-state index contributed by atoms with van der Waals surface area (Å²) in [5.41, 5.74) is 0.713. The number of pyridine rings is 1. The highest BCUT2D eigenvalue weighted by atomic mass is 16.6. The van der Waals surface area contributed by atoms with Gasteiger partial charge in [0, 0.05) is 12.7 Å². The summed E-state index contributed by atoms with van der Waals surface area (Å²) < 4.78 is 12.3. The topological polar surface area (TPSA) is 85.1 Å². The predicted octanol–water partition coefficient (Wildman–Crippen LogP) is 0.860. The van der Waals surface area contributed by atoms with Gasteiger partial charge in [-0.25, -0.2) is 9.78 Å². The molecule has 3 rings (SSSR count). The van der Waals surface area contributed by atoms with E-state index < -0.39 is 5.97 Å². The van der Waals surface area contributed by atoms with E-state index in [1.54, 1.807) is 22.7 Å². The van der Waals surface area contributed by atoms with Crippen molar-refractivity contribution in [1.29, 1.82) is 0 Å². The first-order valence-corrected chi connectivity index (χ1v) is 6.39. The summed E-state index contributed by atoms with van der Waals surface area (Å²) in [4.78, 5) is 15.7. The smallest absolute Gasteiger partial charge is 0.356 e. The first kappa shape index (κ1) is 12.9. The Morgan fingerprint density at radius 1 is 1.50 bits per heavy atom. The van der Waals surface area contributed by atoms with Gasteiger partial charge in [-0.1, -0.05) is 6.07 Å². The maximum Gasteiger partial charge on any atom is 0.356 e. The number of nitrogens with zero attached hydrogens (tertiary/aromatic N) is 2. The molecule has 106 valence electrons. The van der Waals surface area contributed by atoms with Gasteiger partial charge in [0.25, 0.3) is 0 Å². The second-order valence-corrected chi connectivity index (χ2v) is 4.49. The van der Waals surface area contributed by atoms with E-state index in [0.717, 1.165) is 0 Å². The minimum Gasteiger partial charge on any atom is -0.476 e. The Morgan fingerprint density at radius 2 is 2.40 bits per heavy atom. The van der Waals surface area contributed by atoms with Gasteiger partial charge in [0.15, 0.2) is 11.5 Å². The van der Waals surface area contributed by atoms with Crippen LogP contribution in [0, 0.1) is 0 Å². The number of carboxylic acids is 1. The predicted molar refractivity (Wildman–Crippen MR) is 71.2 cm³/mol. The largest absolute Gasteiger partial charge is 0.476 e. The molecule has 0 aliphatic carbocycles. The summed E-state index contributed by atoms with van der Waals surface area (Å²) in [6.45, 7) is 2.13. The third-order valence-corrected chi connectivity index (χ3v) is 3.11. The fraction of sp³-hybridized carbons (Fsp3) is 0.385. The van der Waals surface area contributed by atoms with E-state index in [4.69, 9.17) is 9.47 Å². The molecule has 1 fully saturated rings. The zero-order valence-corrected chi connectivity index (χ0v) is 10.8. The van der Waals surface area contributed by atoms with Gasteiger partial charge in [0.2, 0.25) is 0 Å². The number of hydrogen-bond donors (Lipinski definition) is 2. The molecule has 1 atom stereocenters. The molecule has 0 amide bonds. The van der Waals surface area contributed by atoms with E-state index in [-0.39, 0.29) is 11.8 Å². The minimum absolute atomic E-state index is 0.0878. The van der Waals surface area contributed by atoms with Crippen molar-refractivity contribution in [3.8, 4) is 0 Å². The zero-order valence-electron chi connectivity index (χ0n) is 10.8. The molecule has 2 aromatic rings. The lowest BCUT2D eigenvalue weighted by Crippen LogP contribution is -2.34. The van der Waals surface area contributed by atoms with E-state index in [1.807, 2.05) is 6.07 Å². The number of fused-ring (bicyclic) bond motifs is 1. The molecule has 0 spiro atoms. The van der Waals surface area contributed by atoms with Crippen molar-refractivity contribution in [2.24, 2.45) is 0 Å². The lowest BCUT2D eigenvalue weighted by atomic mass is 10.3. The Morgan fingerprint density at radius 3 is 3.15 bits per heavy atom. The van der Waals surface area contributed by atoms with Gasteiger partial charge in [-0.3, -0.25) is 4.40 Å². The van der Waals surface area contributed by atoms with Crippen molar-refractivity contribution < 1.29 is 19.4 Å². The van der Waals surface area contributed by atoms with Gasteiger partial charge in [0.1, 0.15) is 5.65 Å². The Kier molecular flexibility index (Phi) is 3.53. The van der Waals surface area contributed by atoms with Crippen molar-refractivity contribution in [2.75, 3.05) is 31.7 Å². The van der Waals surface area contributed by atoms with E-state index in [2.05, 4.69) is 10.3 Å². The van der Waals surface area contributed by atoms with Crippen LogP contribution in [0.15, 0.2) is 24.4 Å². The fourth-order valence-electron chi connectivity index (χ4n) is 2.19. The number of carbonyl (C=O) groups is 1. The van der Waals surface area contributed by atoms with Crippen LogP contribution in [0.3, 0.4) is 0 Å².